The molecule has 3 rings (SSSR count). The molecule has 1 aliphatic rings. The Kier molecular flexibility index (Phi) is 7.97. The number of hydrogen-bond donors (Lipinski definition) is 0. The molecule has 0 N–H and O–H groups in total. The van der Waals surface area contributed by atoms with Gasteiger partial charge in [-0.15, -0.1) is 0 Å². The van der Waals surface area contributed by atoms with Crippen molar-refractivity contribution in [1.82, 2.24) is 0 Å². The molecule has 0 radical (unpaired) electrons. The van der Waals surface area contributed by atoms with Gasteiger partial charge < -0.3 is 9.57 Å². The van der Waals surface area contributed by atoms with Gasteiger partial charge in [0.2, 0.25) is 0 Å². The summed E-state index contributed by atoms with van der Waals surface area (Å²) >= 11 is 12.0. The fraction of sp³-hybridized carbons (Fsp3) is 0.423. The summed E-state index contributed by atoms with van der Waals surface area (Å²) in [6.07, 6.45) is -2.93. The number of esters is 1. The van der Waals surface area contributed by atoms with E-state index in [9.17, 15) is 18.0 Å². The maximum atomic E-state index is 14.3. The summed E-state index contributed by atoms with van der Waals surface area (Å²) in [6.45, 7) is 7.40. The molecule has 0 spiro atoms. The Morgan fingerprint density at radius 1 is 1.22 bits per heavy atom. The topological polar surface area (TPSA) is 71.7 Å². The average Bonchev–Trinajstić information content (AvgIpc) is 3.24. The van der Waals surface area contributed by atoms with E-state index in [-0.39, 0.29) is 26.9 Å². The van der Waals surface area contributed by atoms with Crippen LogP contribution in [0.3, 0.4) is 0 Å². The standard InChI is InChI=1S/C26H25Cl2F3N2O3/c1-5-6-9-24(3,4)35-23(34)18-8-7-16(10-15(18)2)22-13-25(36-33-22,26(29,30)31)17-11-20(27)19(14-32)21(28)12-17/h7-8,10-12H,5-6,9,13H2,1-4H3. The molecule has 0 amide bonds. The minimum Gasteiger partial charge on any atom is -0.456 e. The lowest BCUT2D eigenvalue weighted by Gasteiger charge is -2.30. The van der Waals surface area contributed by atoms with E-state index >= 15 is 0 Å². The summed E-state index contributed by atoms with van der Waals surface area (Å²) < 4.78 is 48.6. The molecule has 192 valence electrons. The second kappa shape index (κ2) is 10.3. The van der Waals surface area contributed by atoms with Crippen LogP contribution in [0.4, 0.5) is 13.2 Å². The zero-order valence-corrected chi connectivity index (χ0v) is 21.7. The lowest BCUT2D eigenvalue weighted by molar-refractivity contribution is -0.275. The summed E-state index contributed by atoms with van der Waals surface area (Å²) in [5.41, 5.74) is -2.73. The third-order valence-electron chi connectivity index (χ3n) is 6.09. The van der Waals surface area contributed by atoms with Gasteiger partial charge >= 0.3 is 12.1 Å². The van der Waals surface area contributed by atoms with Crippen LogP contribution in [-0.4, -0.2) is 23.5 Å². The first-order valence-corrected chi connectivity index (χ1v) is 12.1. The van der Waals surface area contributed by atoms with Gasteiger partial charge in [0, 0.05) is 12.0 Å². The number of carbonyl (C=O) groups is 1. The number of halogens is 5. The SMILES string of the molecule is CCCCC(C)(C)OC(=O)c1ccc(C2=NOC(c3cc(Cl)c(C#N)c(Cl)c3)(C(F)(F)F)C2)cc1C. The molecule has 2 aromatic rings. The van der Waals surface area contributed by atoms with Crippen LogP contribution < -0.4 is 0 Å². The molecule has 1 aliphatic heterocycles. The van der Waals surface area contributed by atoms with Gasteiger partial charge in [0.15, 0.2) is 0 Å². The van der Waals surface area contributed by atoms with Crippen molar-refractivity contribution in [1.29, 1.82) is 5.26 Å². The Labute approximate surface area is 217 Å². The van der Waals surface area contributed by atoms with Crippen molar-refractivity contribution in [3.05, 3.63) is 68.2 Å². The Morgan fingerprint density at radius 3 is 2.39 bits per heavy atom. The summed E-state index contributed by atoms with van der Waals surface area (Å²) in [4.78, 5) is 17.8. The van der Waals surface area contributed by atoms with E-state index in [4.69, 9.17) is 38.0 Å². The number of nitriles is 1. The van der Waals surface area contributed by atoms with Crippen LogP contribution in [-0.2, 0) is 15.2 Å². The molecule has 1 unspecified atom stereocenters. The summed E-state index contributed by atoms with van der Waals surface area (Å²) in [7, 11) is 0. The third kappa shape index (κ3) is 5.47. The number of unbranched alkanes of at least 4 members (excludes halogenated alkanes) is 1. The number of aryl methyl sites for hydroxylation is 1. The molecule has 5 nitrogen and oxygen atoms in total. The Morgan fingerprint density at radius 2 is 1.86 bits per heavy atom. The lowest BCUT2D eigenvalue weighted by atomic mass is 9.85. The minimum absolute atomic E-state index is 0.0372. The number of hydrogen-bond acceptors (Lipinski definition) is 5. The average molecular weight is 541 g/mol. The molecule has 36 heavy (non-hydrogen) atoms. The van der Waals surface area contributed by atoms with Gasteiger partial charge in [0.25, 0.3) is 5.60 Å². The highest BCUT2D eigenvalue weighted by Crippen LogP contribution is 2.50. The molecule has 1 atom stereocenters. The quantitative estimate of drug-likeness (QED) is 0.335. The highest BCUT2D eigenvalue weighted by molar-refractivity contribution is 6.36. The first kappa shape index (κ1) is 27.8. The smallest absolute Gasteiger partial charge is 0.435 e. The number of ether oxygens (including phenoxy) is 1. The van der Waals surface area contributed by atoms with Crippen molar-refractivity contribution < 1.29 is 27.5 Å². The molecule has 0 aliphatic carbocycles. The third-order valence-corrected chi connectivity index (χ3v) is 6.68. The number of carbonyl (C=O) groups excluding carboxylic acids is 1. The summed E-state index contributed by atoms with van der Waals surface area (Å²) in [6, 6.07) is 8.38. The van der Waals surface area contributed by atoms with Crippen LogP contribution in [0.5, 0.6) is 0 Å². The van der Waals surface area contributed by atoms with E-state index in [0.717, 1.165) is 25.0 Å². The van der Waals surface area contributed by atoms with Crippen molar-refractivity contribution in [3.63, 3.8) is 0 Å². The lowest BCUT2D eigenvalue weighted by Crippen LogP contribution is -2.42. The number of benzene rings is 2. The molecule has 0 saturated heterocycles. The maximum Gasteiger partial charge on any atom is 0.435 e. The summed E-state index contributed by atoms with van der Waals surface area (Å²) in [5, 5.41) is 12.4. The van der Waals surface area contributed by atoms with E-state index in [0.29, 0.717) is 23.1 Å². The number of rotatable bonds is 7. The van der Waals surface area contributed by atoms with Crippen LogP contribution in [0.2, 0.25) is 10.0 Å². The normalized spacial score (nSPS) is 17.8. The van der Waals surface area contributed by atoms with E-state index in [1.807, 2.05) is 20.8 Å². The van der Waals surface area contributed by atoms with E-state index in [1.54, 1.807) is 19.1 Å². The second-order valence-corrected chi connectivity index (χ2v) is 10.2. The van der Waals surface area contributed by atoms with Crippen molar-refractivity contribution in [3.8, 4) is 6.07 Å². The Bertz CT molecular complexity index is 1230. The Hall–Kier alpha value is -2.76. The zero-order chi connectivity index (χ0) is 26.9. The molecule has 0 aromatic heterocycles. The highest BCUT2D eigenvalue weighted by Gasteiger charge is 2.62. The number of nitrogens with zero attached hydrogens (tertiary/aromatic N) is 2. The highest BCUT2D eigenvalue weighted by atomic mass is 35.5. The van der Waals surface area contributed by atoms with Crippen LogP contribution in [0, 0.1) is 18.3 Å². The molecule has 0 bridgehead atoms. The molecule has 1 heterocycles. The van der Waals surface area contributed by atoms with Crippen molar-refractivity contribution in [2.45, 2.75) is 70.8 Å². The van der Waals surface area contributed by atoms with Crippen molar-refractivity contribution in [2.75, 3.05) is 0 Å². The molecular weight excluding hydrogens is 516 g/mol. The zero-order valence-electron chi connectivity index (χ0n) is 20.2. The largest absolute Gasteiger partial charge is 0.456 e. The number of oxime groups is 1. The summed E-state index contributed by atoms with van der Waals surface area (Å²) in [5.74, 6) is -0.503. The van der Waals surface area contributed by atoms with Gasteiger partial charge in [0.1, 0.15) is 11.7 Å². The van der Waals surface area contributed by atoms with E-state index in [1.165, 1.54) is 12.1 Å². The Balaban J connectivity index is 1.90. The van der Waals surface area contributed by atoms with Crippen molar-refractivity contribution >= 4 is 34.9 Å². The van der Waals surface area contributed by atoms with Gasteiger partial charge in [-0.05, 0) is 69.0 Å². The fourth-order valence-corrected chi connectivity index (χ4v) is 4.57. The molecule has 0 saturated carbocycles. The van der Waals surface area contributed by atoms with Gasteiger partial charge in [-0.2, -0.15) is 18.4 Å². The van der Waals surface area contributed by atoms with Crippen LogP contribution in [0.1, 0.15) is 79.1 Å². The van der Waals surface area contributed by atoms with Gasteiger partial charge in [-0.25, -0.2) is 4.79 Å². The van der Waals surface area contributed by atoms with Crippen molar-refractivity contribution in [2.24, 2.45) is 5.16 Å². The molecular formula is C26H25Cl2F3N2O3. The molecule has 0 fully saturated rings. The predicted molar refractivity (Wildman–Crippen MR) is 131 cm³/mol. The first-order valence-electron chi connectivity index (χ1n) is 11.3. The molecule has 2 aromatic carbocycles. The predicted octanol–water partition coefficient (Wildman–Crippen LogP) is 7.88. The van der Waals surface area contributed by atoms with E-state index < -0.39 is 29.8 Å². The minimum atomic E-state index is -4.87. The van der Waals surface area contributed by atoms with Gasteiger partial charge in [0.05, 0.1) is 26.9 Å². The van der Waals surface area contributed by atoms with Crippen LogP contribution in [0.25, 0.3) is 0 Å². The van der Waals surface area contributed by atoms with Gasteiger partial charge in [-0.3, -0.25) is 0 Å². The van der Waals surface area contributed by atoms with E-state index in [2.05, 4.69) is 5.16 Å². The van der Waals surface area contributed by atoms with Crippen LogP contribution in [0.15, 0.2) is 35.5 Å². The fourth-order valence-electron chi connectivity index (χ4n) is 4.00. The maximum absolute atomic E-state index is 14.3. The second-order valence-electron chi connectivity index (χ2n) is 9.34. The molecule has 10 heteroatoms. The van der Waals surface area contributed by atoms with Gasteiger partial charge in [-0.1, -0.05) is 47.8 Å². The van der Waals surface area contributed by atoms with Crippen LogP contribution >= 0.6 is 23.2 Å². The number of alkyl halides is 3. The first-order chi connectivity index (χ1) is 16.7. The monoisotopic (exact) mass is 540 g/mol.